The van der Waals surface area contributed by atoms with Gasteiger partial charge in [0.05, 0.1) is 12.8 Å². The third-order valence-corrected chi connectivity index (χ3v) is 3.71. The van der Waals surface area contributed by atoms with Crippen LogP contribution in [0.25, 0.3) is 11.3 Å². The number of hydrogen-bond acceptors (Lipinski definition) is 3. The van der Waals surface area contributed by atoms with Crippen LogP contribution in [0.2, 0.25) is 0 Å². The Bertz CT molecular complexity index is 841. The summed E-state index contributed by atoms with van der Waals surface area (Å²) < 4.78 is 7.09. The van der Waals surface area contributed by atoms with Crippen LogP contribution >= 0.6 is 0 Å². The molecule has 1 aromatic heterocycles. The van der Waals surface area contributed by atoms with Crippen molar-refractivity contribution in [3.05, 3.63) is 66.4 Å². The van der Waals surface area contributed by atoms with Crippen molar-refractivity contribution in [3.63, 3.8) is 0 Å². The number of benzene rings is 2. The van der Waals surface area contributed by atoms with Crippen LogP contribution in [-0.2, 0) is 6.54 Å². The zero-order chi connectivity index (χ0) is 16.9. The Kier molecular flexibility index (Phi) is 4.61. The fourth-order valence-corrected chi connectivity index (χ4v) is 2.50. The molecule has 0 radical (unpaired) electrons. The van der Waals surface area contributed by atoms with Crippen LogP contribution < -0.4 is 10.1 Å². The lowest BCUT2D eigenvalue weighted by atomic mass is 10.1. The number of carbonyl (C=O) groups is 1. The van der Waals surface area contributed by atoms with Crippen molar-refractivity contribution in [1.29, 1.82) is 0 Å². The maximum absolute atomic E-state index is 12.4. The van der Waals surface area contributed by atoms with Crippen LogP contribution in [0, 0.1) is 0 Å². The molecule has 0 aliphatic heterocycles. The normalized spacial score (nSPS) is 10.4. The van der Waals surface area contributed by atoms with E-state index in [0.717, 1.165) is 22.7 Å². The molecule has 2 aromatic carbocycles. The Labute approximate surface area is 140 Å². The molecule has 0 spiro atoms. The average Bonchev–Trinajstić information content (AvgIpc) is 3.07. The molecule has 24 heavy (non-hydrogen) atoms. The van der Waals surface area contributed by atoms with Gasteiger partial charge in [-0.25, -0.2) is 0 Å². The predicted molar refractivity (Wildman–Crippen MR) is 94.3 cm³/mol. The monoisotopic (exact) mass is 321 g/mol. The highest BCUT2D eigenvalue weighted by Gasteiger charge is 2.15. The molecule has 1 amide bonds. The lowest BCUT2D eigenvalue weighted by Crippen LogP contribution is -2.13. The first-order valence-corrected chi connectivity index (χ1v) is 7.80. The first-order valence-electron chi connectivity index (χ1n) is 7.80. The number of nitrogens with zero attached hydrogens (tertiary/aromatic N) is 2. The average molecular weight is 321 g/mol. The quantitative estimate of drug-likeness (QED) is 0.777. The molecule has 5 nitrogen and oxygen atoms in total. The molecule has 3 aromatic rings. The summed E-state index contributed by atoms with van der Waals surface area (Å²) in [6, 6.07) is 18.9. The number of methoxy groups -OCH3 is 1. The van der Waals surface area contributed by atoms with E-state index in [-0.39, 0.29) is 5.91 Å². The van der Waals surface area contributed by atoms with Gasteiger partial charge in [-0.15, -0.1) is 0 Å². The van der Waals surface area contributed by atoms with E-state index < -0.39 is 0 Å². The Hall–Kier alpha value is -3.08. The molecule has 122 valence electrons. The molecule has 0 aliphatic carbocycles. The minimum Gasteiger partial charge on any atom is -0.497 e. The summed E-state index contributed by atoms with van der Waals surface area (Å²) in [5.41, 5.74) is 2.98. The fourth-order valence-electron chi connectivity index (χ4n) is 2.50. The number of carbonyl (C=O) groups excluding carboxylic acids is 1. The summed E-state index contributed by atoms with van der Waals surface area (Å²) in [6.45, 7) is 2.67. The van der Waals surface area contributed by atoms with E-state index in [2.05, 4.69) is 10.4 Å². The first-order chi connectivity index (χ1) is 11.7. The third-order valence-electron chi connectivity index (χ3n) is 3.71. The number of aryl methyl sites for hydroxylation is 1. The van der Waals surface area contributed by atoms with Crippen molar-refractivity contribution in [3.8, 4) is 17.0 Å². The number of aromatic nitrogens is 2. The van der Waals surface area contributed by atoms with Gasteiger partial charge in [0.15, 0.2) is 5.69 Å². The van der Waals surface area contributed by atoms with E-state index in [1.54, 1.807) is 13.2 Å². The van der Waals surface area contributed by atoms with Crippen LogP contribution in [0.1, 0.15) is 17.4 Å². The summed E-state index contributed by atoms with van der Waals surface area (Å²) in [5, 5.41) is 7.28. The maximum atomic E-state index is 12.4. The van der Waals surface area contributed by atoms with Gasteiger partial charge in [-0.3, -0.25) is 9.48 Å². The predicted octanol–water partition coefficient (Wildman–Crippen LogP) is 3.83. The molecule has 1 heterocycles. The molecule has 0 fully saturated rings. The molecule has 1 N–H and O–H groups in total. The van der Waals surface area contributed by atoms with Gasteiger partial charge in [0.25, 0.3) is 5.91 Å². The van der Waals surface area contributed by atoms with Crippen molar-refractivity contribution in [2.75, 3.05) is 12.4 Å². The molecule has 5 heteroatoms. The van der Waals surface area contributed by atoms with Crippen molar-refractivity contribution in [2.24, 2.45) is 0 Å². The van der Waals surface area contributed by atoms with Crippen LogP contribution in [0.3, 0.4) is 0 Å². The summed E-state index contributed by atoms with van der Waals surface area (Å²) in [7, 11) is 1.63. The van der Waals surface area contributed by atoms with Crippen LogP contribution in [0.4, 0.5) is 5.69 Å². The molecule has 0 aliphatic rings. The van der Waals surface area contributed by atoms with E-state index in [1.807, 2.05) is 66.2 Å². The Balaban J connectivity index is 1.91. The molecule has 0 unspecified atom stereocenters. The Morgan fingerprint density at radius 1 is 1.12 bits per heavy atom. The summed E-state index contributed by atoms with van der Waals surface area (Å²) in [4.78, 5) is 12.4. The highest BCUT2D eigenvalue weighted by Crippen LogP contribution is 2.25. The fraction of sp³-hybridized carbons (Fsp3) is 0.158. The van der Waals surface area contributed by atoms with Crippen LogP contribution in [0.5, 0.6) is 5.75 Å². The Morgan fingerprint density at radius 2 is 1.92 bits per heavy atom. The SMILES string of the molecule is CCn1nc(C(=O)Nc2ccccc2)cc1-c1cccc(OC)c1. The van der Waals surface area contributed by atoms with Gasteiger partial charge in [0, 0.05) is 17.8 Å². The number of para-hydroxylation sites is 1. The largest absolute Gasteiger partial charge is 0.497 e. The topological polar surface area (TPSA) is 56.2 Å². The van der Waals surface area contributed by atoms with Crippen molar-refractivity contribution >= 4 is 11.6 Å². The van der Waals surface area contributed by atoms with E-state index in [1.165, 1.54) is 0 Å². The van der Waals surface area contributed by atoms with Crippen LogP contribution in [-0.4, -0.2) is 22.8 Å². The molecular weight excluding hydrogens is 302 g/mol. The van der Waals surface area contributed by atoms with Gasteiger partial charge in [0.2, 0.25) is 0 Å². The first kappa shape index (κ1) is 15.8. The van der Waals surface area contributed by atoms with Gasteiger partial charge >= 0.3 is 0 Å². The zero-order valence-electron chi connectivity index (χ0n) is 13.7. The van der Waals surface area contributed by atoms with E-state index in [4.69, 9.17) is 4.74 Å². The van der Waals surface area contributed by atoms with Crippen LogP contribution in [0.15, 0.2) is 60.7 Å². The molecule has 0 saturated heterocycles. The Morgan fingerprint density at radius 3 is 2.62 bits per heavy atom. The van der Waals surface area contributed by atoms with E-state index >= 15 is 0 Å². The summed E-state index contributed by atoms with van der Waals surface area (Å²) in [6.07, 6.45) is 0. The number of hydrogen-bond donors (Lipinski definition) is 1. The number of rotatable bonds is 5. The minimum atomic E-state index is -0.224. The second-order valence-corrected chi connectivity index (χ2v) is 5.28. The standard InChI is InChI=1S/C19H19N3O2/c1-3-22-18(14-8-7-11-16(12-14)24-2)13-17(21-22)19(23)20-15-9-5-4-6-10-15/h4-13H,3H2,1-2H3,(H,20,23). The second kappa shape index (κ2) is 7.00. The van der Waals surface area contributed by atoms with E-state index in [0.29, 0.717) is 12.2 Å². The molecule has 0 bridgehead atoms. The van der Waals surface area contributed by atoms with Gasteiger partial charge in [-0.1, -0.05) is 30.3 Å². The molecule has 3 rings (SSSR count). The molecule has 0 saturated carbocycles. The van der Waals surface area contributed by atoms with E-state index in [9.17, 15) is 4.79 Å². The lowest BCUT2D eigenvalue weighted by Gasteiger charge is -2.06. The minimum absolute atomic E-state index is 0.224. The van der Waals surface area contributed by atoms with Gasteiger partial charge in [-0.2, -0.15) is 5.10 Å². The number of anilines is 1. The maximum Gasteiger partial charge on any atom is 0.276 e. The van der Waals surface area contributed by atoms with Crippen molar-refractivity contribution in [2.45, 2.75) is 13.5 Å². The smallest absolute Gasteiger partial charge is 0.276 e. The van der Waals surface area contributed by atoms with Crippen molar-refractivity contribution < 1.29 is 9.53 Å². The highest BCUT2D eigenvalue weighted by atomic mass is 16.5. The van der Waals surface area contributed by atoms with Gasteiger partial charge < -0.3 is 10.1 Å². The second-order valence-electron chi connectivity index (χ2n) is 5.28. The molecule has 0 atom stereocenters. The molecular formula is C19H19N3O2. The lowest BCUT2D eigenvalue weighted by molar-refractivity contribution is 0.102. The summed E-state index contributed by atoms with van der Waals surface area (Å²) in [5.74, 6) is 0.546. The number of ether oxygens (including phenoxy) is 1. The highest BCUT2D eigenvalue weighted by molar-refractivity contribution is 6.03. The zero-order valence-corrected chi connectivity index (χ0v) is 13.7. The third kappa shape index (κ3) is 3.30. The summed E-state index contributed by atoms with van der Waals surface area (Å²) >= 11 is 0. The number of nitrogens with one attached hydrogen (secondary N) is 1. The van der Waals surface area contributed by atoms with Gasteiger partial charge in [0.1, 0.15) is 5.75 Å². The number of amides is 1. The van der Waals surface area contributed by atoms with Crippen molar-refractivity contribution in [1.82, 2.24) is 9.78 Å². The van der Waals surface area contributed by atoms with Gasteiger partial charge in [-0.05, 0) is 37.3 Å².